The topological polar surface area (TPSA) is 35.2 Å². The summed E-state index contributed by atoms with van der Waals surface area (Å²) >= 11 is 0. The zero-order valence-corrected chi connectivity index (χ0v) is 14.2. The predicted octanol–water partition coefficient (Wildman–Crippen LogP) is 5.21. The molecule has 0 aromatic heterocycles. The molecule has 0 rings (SSSR count). The highest BCUT2D eigenvalue weighted by Gasteiger charge is 2.10. The molecule has 0 saturated heterocycles. The zero-order valence-electron chi connectivity index (χ0n) is 14.2. The van der Waals surface area contributed by atoms with E-state index >= 15 is 0 Å². The van der Waals surface area contributed by atoms with Gasteiger partial charge in [-0.1, -0.05) is 85.2 Å². The van der Waals surface area contributed by atoms with Gasteiger partial charge in [-0.05, 0) is 6.42 Å². The zero-order chi connectivity index (χ0) is 14.9. The molecule has 19 heavy (non-hydrogen) atoms. The second kappa shape index (κ2) is 18.0. The van der Waals surface area contributed by atoms with E-state index in [-0.39, 0.29) is 6.23 Å². The van der Waals surface area contributed by atoms with Gasteiger partial charge in [-0.3, -0.25) is 0 Å². The Bertz CT molecular complexity index is 133. The fourth-order valence-electron chi connectivity index (χ4n) is 2.08. The van der Waals surface area contributed by atoms with E-state index in [4.69, 9.17) is 5.73 Å². The summed E-state index contributed by atoms with van der Waals surface area (Å²) in [4.78, 5) is 0. The molecule has 0 aliphatic rings. The molecule has 0 bridgehead atoms. The normalized spacial score (nSPS) is 11.7. The largest absolute Gasteiger partial charge is 0.367 e. The van der Waals surface area contributed by atoms with Crippen LogP contribution in [0.5, 0.6) is 0 Å². The van der Waals surface area contributed by atoms with Crippen LogP contribution in [-0.4, -0.2) is 20.1 Å². The highest BCUT2D eigenvalue weighted by Crippen LogP contribution is 2.16. The van der Waals surface area contributed by atoms with Gasteiger partial charge in [0.25, 0.3) is 0 Å². The molecule has 0 fully saturated rings. The Morgan fingerprint density at radius 2 is 1.21 bits per heavy atom. The molecule has 1 atom stereocenters. The second-order valence-corrected chi connectivity index (χ2v) is 5.48. The van der Waals surface area contributed by atoms with Gasteiger partial charge in [-0.2, -0.15) is 0 Å². The van der Waals surface area contributed by atoms with Crippen molar-refractivity contribution in [2.45, 2.75) is 97.8 Å². The fourth-order valence-corrected chi connectivity index (χ4v) is 2.08. The van der Waals surface area contributed by atoms with Crippen LogP contribution in [0.15, 0.2) is 0 Å². The Morgan fingerprint density at radius 1 is 0.842 bits per heavy atom. The van der Waals surface area contributed by atoms with Crippen LogP contribution in [0.2, 0.25) is 19.0 Å². The average molecular weight is 271 g/mol. The van der Waals surface area contributed by atoms with Crippen molar-refractivity contribution in [3.8, 4) is 0 Å². The minimum Gasteiger partial charge on any atom is -0.367 e. The van der Waals surface area contributed by atoms with Crippen LogP contribution in [0.25, 0.3) is 0 Å². The van der Waals surface area contributed by atoms with Gasteiger partial charge in [-0.15, -0.1) is 0 Å². The fraction of sp³-hybridized carbons (Fsp3) is 1.00. The second-order valence-electron chi connectivity index (χ2n) is 5.48. The number of rotatable bonds is 11. The highest BCUT2D eigenvalue weighted by molar-refractivity contribution is 6.58. The van der Waals surface area contributed by atoms with Crippen molar-refractivity contribution in [3.63, 3.8) is 0 Å². The summed E-state index contributed by atoms with van der Waals surface area (Å²) in [5, 5.41) is 0. The molecule has 0 spiro atoms. The first-order valence-corrected chi connectivity index (χ1v) is 8.44. The number of hydrogen-bond acceptors (Lipinski definition) is 2. The molecule has 0 aliphatic carbocycles. The van der Waals surface area contributed by atoms with Crippen molar-refractivity contribution >= 4 is 6.71 Å². The van der Waals surface area contributed by atoms with Gasteiger partial charge in [0.2, 0.25) is 0 Å². The first kappa shape index (κ1) is 21.3. The van der Waals surface area contributed by atoms with Crippen LogP contribution < -0.4 is 5.73 Å². The van der Waals surface area contributed by atoms with Crippen LogP contribution in [0.1, 0.15) is 72.6 Å². The van der Waals surface area contributed by atoms with Crippen LogP contribution in [0.4, 0.5) is 0 Å². The first-order chi connectivity index (χ1) is 9.15. The summed E-state index contributed by atoms with van der Waals surface area (Å²) in [5.41, 5.74) is 5.25. The molecule has 2 nitrogen and oxygen atoms in total. The van der Waals surface area contributed by atoms with Gasteiger partial charge < -0.3 is 10.5 Å². The number of unbranched alkanes of at least 4 members (excludes halogenated alkanes) is 3. The molecule has 1 unspecified atom stereocenters. The molecule has 0 aromatic carbocycles. The standard InChI is InChI=1S/C12H27B.C4H11NO/c1-4-7-10-13(11-8-5-2)12-9-6-3;1-3-4(5)6-2/h4-12H2,1-3H3;4H,3,5H2,1-2H3. The van der Waals surface area contributed by atoms with Crippen LogP contribution in [0.3, 0.4) is 0 Å². The first-order valence-electron chi connectivity index (χ1n) is 8.44. The third kappa shape index (κ3) is 18.0. The summed E-state index contributed by atoms with van der Waals surface area (Å²) in [6.45, 7) is 9.93. The maximum absolute atomic E-state index is 5.25. The Kier molecular flexibility index (Phi) is 20.1. The quantitative estimate of drug-likeness (QED) is 0.413. The summed E-state index contributed by atoms with van der Waals surface area (Å²) in [6.07, 6.45) is 13.7. The van der Waals surface area contributed by atoms with Crippen molar-refractivity contribution < 1.29 is 4.74 Å². The van der Waals surface area contributed by atoms with Crippen LogP contribution >= 0.6 is 0 Å². The third-order valence-electron chi connectivity index (χ3n) is 3.60. The monoisotopic (exact) mass is 271 g/mol. The van der Waals surface area contributed by atoms with Crippen molar-refractivity contribution in [2.24, 2.45) is 5.73 Å². The molecule has 0 radical (unpaired) electrons. The van der Waals surface area contributed by atoms with E-state index in [2.05, 4.69) is 25.5 Å². The van der Waals surface area contributed by atoms with E-state index in [1.807, 2.05) is 6.92 Å². The molecule has 0 aliphatic heterocycles. The number of nitrogens with two attached hydrogens (primary N) is 1. The van der Waals surface area contributed by atoms with Crippen molar-refractivity contribution in [1.82, 2.24) is 0 Å². The molecule has 0 saturated carbocycles. The van der Waals surface area contributed by atoms with Crippen LogP contribution in [-0.2, 0) is 4.74 Å². The van der Waals surface area contributed by atoms with Gasteiger partial charge in [0.15, 0.2) is 0 Å². The maximum atomic E-state index is 5.25. The summed E-state index contributed by atoms with van der Waals surface area (Å²) < 4.78 is 4.68. The Balaban J connectivity index is 0. The van der Waals surface area contributed by atoms with Crippen LogP contribution in [0, 0.1) is 0 Å². The smallest absolute Gasteiger partial charge is 0.139 e. The SMILES string of the molecule is CCC(N)OC.CCCCB(CCCC)CCCC. The minimum atomic E-state index is -0.0648. The van der Waals surface area contributed by atoms with E-state index in [1.54, 1.807) is 7.11 Å². The average Bonchev–Trinajstić information content (AvgIpc) is 2.46. The lowest BCUT2D eigenvalue weighted by Crippen LogP contribution is -2.19. The number of ether oxygens (including phenoxy) is 1. The Hall–Kier alpha value is -0.0151. The van der Waals surface area contributed by atoms with Gasteiger partial charge >= 0.3 is 0 Å². The van der Waals surface area contributed by atoms with Gasteiger partial charge in [0.1, 0.15) is 12.9 Å². The summed E-state index contributed by atoms with van der Waals surface area (Å²) in [7, 11) is 1.61. The molecular weight excluding hydrogens is 233 g/mol. The highest BCUT2D eigenvalue weighted by atomic mass is 16.5. The minimum absolute atomic E-state index is 0.0648. The summed E-state index contributed by atoms with van der Waals surface area (Å²) in [5.74, 6) is 0. The van der Waals surface area contributed by atoms with Gasteiger partial charge in [0.05, 0.1) is 0 Å². The molecule has 3 heteroatoms. The maximum Gasteiger partial charge on any atom is 0.139 e. The van der Waals surface area contributed by atoms with Crippen molar-refractivity contribution in [1.29, 1.82) is 0 Å². The van der Waals surface area contributed by atoms with Gasteiger partial charge in [0, 0.05) is 7.11 Å². The summed E-state index contributed by atoms with van der Waals surface area (Å²) in [6, 6.07) is 0. The van der Waals surface area contributed by atoms with E-state index in [0.29, 0.717) is 0 Å². The Morgan fingerprint density at radius 3 is 1.37 bits per heavy atom. The molecular formula is C16H38BNO. The lowest BCUT2D eigenvalue weighted by molar-refractivity contribution is 0.105. The molecule has 2 N–H and O–H groups in total. The predicted molar refractivity (Wildman–Crippen MR) is 90.2 cm³/mol. The van der Waals surface area contributed by atoms with E-state index in [9.17, 15) is 0 Å². The molecule has 0 amide bonds. The lowest BCUT2D eigenvalue weighted by atomic mass is 9.41. The number of hydrogen-bond donors (Lipinski definition) is 1. The van der Waals surface area contributed by atoms with E-state index < -0.39 is 0 Å². The van der Waals surface area contributed by atoms with Crippen molar-refractivity contribution in [2.75, 3.05) is 7.11 Å². The Labute approximate surface area is 122 Å². The van der Waals surface area contributed by atoms with Crippen molar-refractivity contribution in [3.05, 3.63) is 0 Å². The molecule has 116 valence electrons. The van der Waals surface area contributed by atoms with Gasteiger partial charge in [-0.25, -0.2) is 0 Å². The third-order valence-corrected chi connectivity index (χ3v) is 3.60. The molecule has 0 heterocycles. The number of methoxy groups -OCH3 is 1. The lowest BCUT2D eigenvalue weighted by Gasteiger charge is -2.11. The van der Waals surface area contributed by atoms with E-state index in [1.165, 1.54) is 57.5 Å². The van der Waals surface area contributed by atoms with E-state index in [0.717, 1.165) is 13.1 Å². The molecule has 0 aromatic rings.